The Morgan fingerprint density at radius 2 is 0.812 bits per heavy atom. The summed E-state index contributed by atoms with van der Waals surface area (Å²) in [5, 5.41) is 0. The van der Waals surface area contributed by atoms with Crippen LogP contribution in [0.5, 0.6) is 34.5 Å². The van der Waals surface area contributed by atoms with Gasteiger partial charge in [0.1, 0.15) is 34.5 Å². The van der Waals surface area contributed by atoms with Gasteiger partial charge in [-0.05, 0) is 217 Å². The number of carbonyl (C=O) groups is 6. The molecule has 0 spiro atoms. The normalized spacial score (nSPS) is 12.1. The minimum atomic E-state index is -0.668. The zero-order valence-corrected chi connectivity index (χ0v) is 51.8. The Balaban J connectivity index is 0.000000420. The first-order valence-corrected chi connectivity index (χ1v) is 28.4. The lowest BCUT2D eigenvalue weighted by Crippen LogP contribution is -2.27. The van der Waals surface area contributed by atoms with Gasteiger partial charge in [-0.25, -0.2) is 0 Å². The molecule has 0 aliphatic carbocycles. The Labute approximate surface area is 478 Å². The van der Waals surface area contributed by atoms with E-state index >= 15 is 0 Å². The van der Waals surface area contributed by atoms with Gasteiger partial charge in [-0.2, -0.15) is 0 Å². The smallest absolute Gasteiger partial charge is 0.316 e. The predicted molar refractivity (Wildman–Crippen MR) is 321 cm³/mol. The fourth-order valence-corrected chi connectivity index (χ4v) is 7.53. The second kappa shape index (κ2) is 29.6. The van der Waals surface area contributed by atoms with Crippen LogP contribution in [0.3, 0.4) is 0 Å². The summed E-state index contributed by atoms with van der Waals surface area (Å²) in [6.45, 7) is 39.1. The highest BCUT2D eigenvalue weighted by molar-refractivity contribution is 6.08. The molecule has 0 radical (unpaired) electrons. The van der Waals surface area contributed by atoms with E-state index in [0.717, 1.165) is 65.5 Å². The van der Waals surface area contributed by atoms with Crippen molar-refractivity contribution in [2.45, 2.75) is 189 Å². The Morgan fingerprint density at radius 3 is 1.18 bits per heavy atom. The summed E-state index contributed by atoms with van der Waals surface area (Å²) in [4.78, 5) is 76.3. The maximum Gasteiger partial charge on any atom is 0.316 e. The van der Waals surface area contributed by atoms with Crippen LogP contribution in [0, 0.1) is 21.7 Å². The standard InChI is InChI=1S/2C34H46O6/c1-12-19-38-29-24(15-18-27(35)23-13-16-25(17-14-23)39-31(36)33(6,7)8)20-26(21(2)3)30(28(29)22(4)5)40-32(37)34(9,10)11;1-10-13-24-22-25(17-20-28(35)23-15-18-26(19-16-23)39-31(36)33(4,5)6)29(38-21-12-3)27(14-11-2)30(24)40-32(37)34(7,8)9/h13-18,20-22H,12,19H2,1-11H3;15-20,22H,10-14,21H2,1-9H3. The second-order valence-electron chi connectivity index (χ2n) is 24.9. The molecule has 0 fully saturated rings. The quantitative estimate of drug-likeness (QED) is 0.0318. The third kappa shape index (κ3) is 19.8. The van der Waals surface area contributed by atoms with Gasteiger partial charge >= 0.3 is 23.9 Å². The Kier molecular flexibility index (Phi) is 24.9. The molecule has 4 rings (SSSR count). The minimum Gasteiger partial charge on any atom is -0.493 e. The van der Waals surface area contributed by atoms with E-state index in [9.17, 15) is 28.8 Å². The number of rotatable bonds is 22. The summed E-state index contributed by atoms with van der Waals surface area (Å²) < 4.78 is 35.4. The molecule has 4 aromatic carbocycles. The summed E-state index contributed by atoms with van der Waals surface area (Å²) in [7, 11) is 0. The van der Waals surface area contributed by atoms with E-state index in [2.05, 4.69) is 13.8 Å². The molecule has 0 aliphatic heterocycles. The molecule has 0 amide bonds. The van der Waals surface area contributed by atoms with E-state index in [1.54, 1.807) is 102 Å². The molecule has 0 bridgehead atoms. The monoisotopic (exact) mass is 1100 g/mol. The lowest BCUT2D eigenvalue weighted by Gasteiger charge is -2.26. The van der Waals surface area contributed by atoms with Crippen molar-refractivity contribution in [3.63, 3.8) is 0 Å². The highest BCUT2D eigenvalue weighted by Gasteiger charge is 2.32. The van der Waals surface area contributed by atoms with Gasteiger partial charge in [-0.1, -0.05) is 68.2 Å². The summed E-state index contributed by atoms with van der Waals surface area (Å²) in [5.74, 6) is 1.56. The molecule has 12 nitrogen and oxygen atoms in total. The van der Waals surface area contributed by atoms with E-state index in [4.69, 9.17) is 28.4 Å². The molecule has 0 saturated heterocycles. The van der Waals surface area contributed by atoms with Crippen LogP contribution in [-0.4, -0.2) is 48.7 Å². The number of carbonyl (C=O) groups excluding carboxylic acids is 6. The zero-order chi connectivity index (χ0) is 60.5. The van der Waals surface area contributed by atoms with Crippen molar-refractivity contribution in [3.8, 4) is 34.5 Å². The average Bonchev–Trinajstić information content (AvgIpc) is 3.39. The number of esters is 4. The van der Waals surface area contributed by atoms with Gasteiger partial charge < -0.3 is 28.4 Å². The SMILES string of the molecule is CCCOc1c(C=CC(=O)c2ccc(OC(=O)C(C)(C)C)cc2)cc(C(C)C)c(OC(=O)C(C)(C)C)c1C(C)C.CCCOc1c(C=CC(=O)c2ccc(OC(=O)C(C)(C)C)cc2)cc(CCC)c(OC(=O)C(C)(C)C)c1CCC. The molecule has 0 heterocycles. The number of ketones is 2. The molecular weight excluding hydrogens is 1010 g/mol. The van der Waals surface area contributed by atoms with Crippen molar-refractivity contribution < 1.29 is 57.2 Å². The molecule has 0 aromatic heterocycles. The highest BCUT2D eigenvalue weighted by Crippen LogP contribution is 2.45. The first-order valence-electron chi connectivity index (χ1n) is 28.4. The van der Waals surface area contributed by atoms with Gasteiger partial charge in [0.25, 0.3) is 0 Å². The number of aryl methyl sites for hydroxylation is 1. The molecule has 80 heavy (non-hydrogen) atoms. The van der Waals surface area contributed by atoms with Crippen LogP contribution in [0.1, 0.15) is 230 Å². The Morgan fingerprint density at radius 1 is 0.438 bits per heavy atom. The van der Waals surface area contributed by atoms with Crippen molar-refractivity contribution in [2.24, 2.45) is 21.7 Å². The molecular formula is C68H92O12. The van der Waals surface area contributed by atoms with Crippen molar-refractivity contribution in [1.29, 1.82) is 0 Å². The Bertz CT molecular complexity index is 2830. The van der Waals surface area contributed by atoms with Gasteiger partial charge in [0.05, 0.1) is 34.9 Å². The van der Waals surface area contributed by atoms with E-state index in [1.807, 2.05) is 95.2 Å². The summed E-state index contributed by atoms with van der Waals surface area (Å²) >= 11 is 0. The fraction of sp³-hybridized carbons (Fsp3) is 0.500. The lowest BCUT2D eigenvalue weighted by atomic mass is 9.89. The van der Waals surface area contributed by atoms with Crippen LogP contribution in [0.15, 0.2) is 72.8 Å². The molecule has 0 saturated carbocycles. The van der Waals surface area contributed by atoms with Crippen LogP contribution in [0.25, 0.3) is 12.2 Å². The van der Waals surface area contributed by atoms with Crippen LogP contribution in [-0.2, 0) is 32.0 Å². The van der Waals surface area contributed by atoms with E-state index in [0.29, 0.717) is 65.3 Å². The van der Waals surface area contributed by atoms with Crippen LogP contribution in [0.2, 0.25) is 0 Å². The van der Waals surface area contributed by atoms with Crippen molar-refractivity contribution >= 4 is 47.6 Å². The maximum atomic E-state index is 13.1. The summed E-state index contributed by atoms with van der Waals surface area (Å²) in [6, 6.07) is 17.0. The molecule has 436 valence electrons. The summed E-state index contributed by atoms with van der Waals surface area (Å²) in [5.41, 5.74) is 3.37. The second-order valence-corrected chi connectivity index (χ2v) is 24.9. The third-order valence-electron chi connectivity index (χ3n) is 12.2. The van der Waals surface area contributed by atoms with Crippen molar-refractivity contribution in [3.05, 3.63) is 117 Å². The topological polar surface area (TPSA) is 158 Å². The van der Waals surface area contributed by atoms with Crippen LogP contribution >= 0.6 is 0 Å². The zero-order valence-electron chi connectivity index (χ0n) is 51.8. The number of benzene rings is 4. The molecule has 0 unspecified atom stereocenters. The van der Waals surface area contributed by atoms with Crippen molar-refractivity contribution in [1.82, 2.24) is 0 Å². The minimum absolute atomic E-state index is 0.000436. The Hall–Kier alpha value is -6.82. The molecule has 0 N–H and O–H groups in total. The average molecular weight is 1100 g/mol. The number of hydrogen-bond acceptors (Lipinski definition) is 12. The summed E-state index contributed by atoms with van der Waals surface area (Å²) in [6.07, 6.45) is 11.3. The molecule has 12 heteroatoms. The molecule has 0 aliphatic rings. The molecule has 0 atom stereocenters. The van der Waals surface area contributed by atoms with E-state index in [-0.39, 0.29) is 47.3 Å². The first-order chi connectivity index (χ1) is 37.2. The fourth-order valence-electron chi connectivity index (χ4n) is 7.53. The lowest BCUT2D eigenvalue weighted by molar-refractivity contribution is -0.143. The van der Waals surface area contributed by atoms with Crippen LogP contribution < -0.4 is 28.4 Å². The van der Waals surface area contributed by atoms with Gasteiger partial charge in [0.2, 0.25) is 0 Å². The predicted octanol–water partition coefficient (Wildman–Crippen LogP) is 16.7. The first kappa shape index (κ1) is 67.5. The van der Waals surface area contributed by atoms with Gasteiger partial charge in [0.15, 0.2) is 11.6 Å². The van der Waals surface area contributed by atoms with Crippen molar-refractivity contribution in [2.75, 3.05) is 13.2 Å². The number of ether oxygens (including phenoxy) is 6. The van der Waals surface area contributed by atoms with Gasteiger partial charge in [-0.3, -0.25) is 28.8 Å². The number of hydrogen-bond donors (Lipinski definition) is 0. The van der Waals surface area contributed by atoms with Gasteiger partial charge in [0, 0.05) is 33.4 Å². The largest absolute Gasteiger partial charge is 0.493 e. The van der Waals surface area contributed by atoms with Crippen LogP contribution in [0.4, 0.5) is 0 Å². The van der Waals surface area contributed by atoms with E-state index in [1.165, 1.54) is 12.2 Å². The third-order valence-corrected chi connectivity index (χ3v) is 12.2. The maximum absolute atomic E-state index is 13.1. The highest BCUT2D eigenvalue weighted by atomic mass is 16.6. The van der Waals surface area contributed by atoms with Gasteiger partial charge in [-0.15, -0.1) is 0 Å². The number of allylic oxidation sites excluding steroid dienone is 2. The molecule has 4 aromatic rings. The van der Waals surface area contributed by atoms with E-state index < -0.39 is 21.7 Å².